The van der Waals surface area contributed by atoms with Crippen LogP contribution in [0.15, 0.2) is 53.9 Å². The lowest BCUT2D eigenvalue weighted by Crippen LogP contribution is -2.36. The van der Waals surface area contributed by atoms with Gasteiger partial charge >= 0.3 is 5.97 Å². The molecular formula is C25H29FN4O2S. The molecule has 1 aromatic carbocycles. The number of aromatic nitrogens is 4. The zero-order valence-corrected chi connectivity index (χ0v) is 20.0. The van der Waals surface area contributed by atoms with Gasteiger partial charge in [-0.25, -0.2) is 4.39 Å². The first-order valence-corrected chi connectivity index (χ1v) is 12.3. The van der Waals surface area contributed by atoms with Crippen molar-refractivity contribution in [1.82, 2.24) is 19.7 Å². The summed E-state index contributed by atoms with van der Waals surface area (Å²) >= 11 is 1.27. The van der Waals surface area contributed by atoms with E-state index in [1.807, 2.05) is 16.7 Å². The van der Waals surface area contributed by atoms with Gasteiger partial charge in [-0.15, -0.1) is 10.2 Å². The monoisotopic (exact) mass is 468 g/mol. The lowest BCUT2D eigenvalue weighted by atomic mass is 9.75. The van der Waals surface area contributed by atoms with Crippen molar-refractivity contribution in [1.29, 1.82) is 0 Å². The molecule has 1 saturated carbocycles. The molecule has 0 N–H and O–H groups in total. The Balaban J connectivity index is 1.52. The van der Waals surface area contributed by atoms with Gasteiger partial charge in [0.15, 0.2) is 11.0 Å². The Morgan fingerprint density at radius 3 is 2.58 bits per heavy atom. The Kier molecular flexibility index (Phi) is 7.42. The lowest BCUT2D eigenvalue weighted by Gasteiger charge is -2.36. The summed E-state index contributed by atoms with van der Waals surface area (Å²) in [6.45, 7) is 6.61. The minimum atomic E-state index is -0.323. The lowest BCUT2D eigenvalue weighted by molar-refractivity contribution is -0.152. The molecule has 2 heterocycles. The fourth-order valence-corrected chi connectivity index (χ4v) is 5.19. The van der Waals surface area contributed by atoms with Crippen LogP contribution >= 0.6 is 11.8 Å². The second-order valence-corrected chi connectivity index (χ2v) is 9.94. The molecule has 0 spiro atoms. The summed E-state index contributed by atoms with van der Waals surface area (Å²) < 4.78 is 21.3. The number of hydrogen-bond acceptors (Lipinski definition) is 6. The third-order valence-corrected chi connectivity index (χ3v) is 7.12. The fourth-order valence-electron chi connectivity index (χ4n) is 4.45. The van der Waals surface area contributed by atoms with Crippen molar-refractivity contribution in [3.63, 3.8) is 0 Å². The summed E-state index contributed by atoms with van der Waals surface area (Å²) in [5.74, 6) is 1.60. The van der Waals surface area contributed by atoms with E-state index in [1.54, 1.807) is 24.5 Å². The highest BCUT2D eigenvalue weighted by Gasteiger charge is 2.33. The maximum atomic E-state index is 13.5. The van der Waals surface area contributed by atoms with Crippen LogP contribution in [0.4, 0.5) is 4.39 Å². The Morgan fingerprint density at radius 1 is 1.15 bits per heavy atom. The van der Waals surface area contributed by atoms with Gasteiger partial charge in [-0.2, -0.15) is 0 Å². The minimum absolute atomic E-state index is 0.0378. The standard InChI is InChI=1S/C25H29FN4O2S/c1-16(2)21-9-4-17(3)14-22(21)32-23(31)15-33-25-29-28-24(18-10-12-27-13-11-18)30(25)20-7-5-19(26)6-8-20/h5-8,10-13,16-17,21-22H,4,9,14-15H2,1-3H3. The van der Waals surface area contributed by atoms with Crippen molar-refractivity contribution in [3.05, 3.63) is 54.6 Å². The molecule has 2 aromatic heterocycles. The van der Waals surface area contributed by atoms with Crippen LogP contribution in [0.3, 0.4) is 0 Å². The predicted molar refractivity (Wildman–Crippen MR) is 126 cm³/mol. The second-order valence-electron chi connectivity index (χ2n) is 9.00. The highest BCUT2D eigenvalue weighted by molar-refractivity contribution is 7.99. The summed E-state index contributed by atoms with van der Waals surface area (Å²) in [5.41, 5.74) is 1.54. The maximum Gasteiger partial charge on any atom is 0.316 e. The molecule has 0 radical (unpaired) electrons. The molecule has 3 atom stereocenters. The van der Waals surface area contributed by atoms with Crippen LogP contribution in [0.5, 0.6) is 0 Å². The molecule has 0 aliphatic heterocycles. The van der Waals surface area contributed by atoms with Crippen LogP contribution in [0, 0.1) is 23.6 Å². The minimum Gasteiger partial charge on any atom is -0.461 e. The van der Waals surface area contributed by atoms with Crippen molar-refractivity contribution in [2.24, 2.45) is 17.8 Å². The number of nitrogens with zero attached hydrogens (tertiary/aromatic N) is 4. The van der Waals surface area contributed by atoms with E-state index in [1.165, 1.54) is 30.3 Å². The summed E-state index contributed by atoms with van der Waals surface area (Å²) in [5, 5.41) is 9.21. The van der Waals surface area contributed by atoms with Gasteiger partial charge in [0.2, 0.25) is 0 Å². The Morgan fingerprint density at radius 2 is 1.88 bits per heavy atom. The number of carbonyl (C=O) groups is 1. The summed E-state index contributed by atoms with van der Waals surface area (Å²) in [6, 6.07) is 9.80. The number of carbonyl (C=O) groups excluding carboxylic acids is 1. The van der Waals surface area contributed by atoms with Gasteiger partial charge in [-0.1, -0.05) is 39.0 Å². The Hall–Kier alpha value is -2.74. The van der Waals surface area contributed by atoms with E-state index in [9.17, 15) is 9.18 Å². The molecule has 1 aliphatic rings. The van der Waals surface area contributed by atoms with Crippen LogP contribution in [0.25, 0.3) is 17.1 Å². The largest absolute Gasteiger partial charge is 0.461 e. The topological polar surface area (TPSA) is 69.9 Å². The van der Waals surface area contributed by atoms with Crippen molar-refractivity contribution in [2.75, 3.05) is 5.75 Å². The van der Waals surface area contributed by atoms with Gasteiger partial charge in [0.1, 0.15) is 11.9 Å². The summed E-state index contributed by atoms with van der Waals surface area (Å²) in [7, 11) is 0. The predicted octanol–water partition coefficient (Wildman–Crippen LogP) is 5.56. The quantitative estimate of drug-likeness (QED) is 0.334. The van der Waals surface area contributed by atoms with Crippen LogP contribution in [-0.4, -0.2) is 37.6 Å². The number of rotatable bonds is 7. The van der Waals surface area contributed by atoms with Crippen LogP contribution in [0.1, 0.15) is 40.0 Å². The molecule has 0 bridgehead atoms. The van der Waals surface area contributed by atoms with Crippen molar-refractivity contribution >= 4 is 17.7 Å². The summed E-state index contributed by atoms with van der Waals surface area (Å²) in [6.07, 6.45) is 6.52. The maximum absolute atomic E-state index is 13.5. The van der Waals surface area contributed by atoms with Crippen LogP contribution in [-0.2, 0) is 9.53 Å². The molecule has 6 nitrogen and oxygen atoms in total. The number of hydrogen-bond donors (Lipinski definition) is 0. The second kappa shape index (κ2) is 10.5. The van der Waals surface area contributed by atoms with Crippen molar-refractivity contribution < 1.29 is 13.9 Å². The van der Waals surface area contributed by atoms with Crippen molar-refractivity contribution in [2.45, 2.75) is 51.3 Å². The molecule has 1 fully saturated rings. The third-order valence-electron chi connectivity index (χ3n) is 6.22. The molecule has 0 saturated heterocycles. The first kappa shape index (κ1) is 23.4. The van der Waals surface area contributed by atoms with Gasteiger partial charge in [0, 0.05) is 23.6 Å². The molecular weight excluding hydrogens is 439 g/mol. The number of ether oxygens (including phenoxy) is 1. The first-order chi connectivity index (χ1) is 15.9. The number of esters is 1. The number of halogens is 1. The van der Waals surface area contributed by atoms with Crippen molar-refractivity contribution in [3.8, 4) is 17.1 Å². The first-order valence-electron chi connectivity index (χ1n) is 11.4. The Bertz CT molecular complexity index is 1070. The normalized spacial score (nSPS) is 20.7. The summed E-state index contributed by atoms with van der Waals surface area (Å²) in [4.78, 5) is 16.8. The highest BCUT2D eigenvalue weighted by Crippen LogP contribution is 2.36. The zero-order valence-electron chi connectivity index (χ0n) is 19.1. The smallest absolute Gasteiger partial charge is 0.316 e. The number of benzene rings is 1. The van der Waals surface area contributed by atoms with E-state index in [4.69, 9.17) is 4.74 Å². The molecule has 174 valence electrons. The van der Waals surface area contributed by atoms with Crippen LogP contribution in [0.2, 0.25) is 0 Å². The van der Waals surface area contributed by atoms with Gasteiger partial charge in [0.25, 0.3) is 0 Å². The zero-order chi connectivity index (χ0) is 23.4. The van der Waals surface area contributed by atoms with Gasteiger partial charge in [-0.3, -0.25) is 14.3 Å². The van der Waals surface area contributed by atoms with E-state index in [-0.39, 0.29) is 23.6 Å². The fraction of sp³-hybridized carbons (Fsp3) is 0.440. The molecule has 3 unspecified atom stereocenters. The molecule has 1 aliphatic carbocycles. The van der Waals surface area contributed by atoms with Gasteiger partial charge < -0.3 is 4.74 Å². The molecule has 4 rings (SSSR count). The third kappa shape index (κ3) is 5.61. The van der Waals surface area contributed by atoms with Gasteiger partial charge in [0.05, 0.1) is 5.75 Å². The average molecular weight is 469 g/mol. The van der Waals surface area contributed by atoms with E-state index >= 15 is 0 Å². The SMILES string of the molecule is CC1CCC(C(C)C)C(OC(=O)CSc2nnc(-c3ccncc3)n2-c2ccc(F)cc2)C1. The molecule has 8 heteroatoms. The van der Waals surface area contributed by atoms with Gasteiger partial charge in [-0.05, 0) is 67.0 Å². The highest BCUT2D eigenvalue weighted by atomic mass is 32.2. The van der Waals surface area contributed by atoms with E-state index in [0.717, 1.165) is 18.4 Å². The number of thioether (sulfide) groups is 1. The average Bonchev–Trinajstić information content (AvgIpc) is 3.22. The number of pyridine rings is 1. The molecule has 0 amide bonds. The molecule has 3 aromatic rings. The van der Waals surface area contributed by atoms with E-state index in [0.29, 0.717) is 34.4 Å². The van der Waals surface area contributed by atoms with Crippen LogP contribution < -0.4 is 0 Å². The molecule has 33 heavy (non-hydrogen) atoms. The Labute approximate surface area is 198 Å². The van der Waals surface area contributed by atoms with E-state index in [2.05, 4.69) is 36.0 Å². The van der Waals surface area contributed by atoms with E-state index < -0.39 is 0 Å².